The Balaban J connectivity index is 1.78. The summed E-state index contributed by atoms with van der Waals surface area (Å²) in [6.07, 6.45) is 3.07. The first kappa shape index (κ1) is 11.4. The van der Waals surface area contributed by atoms with Crippen LogP contribution in [0.2, 0.25) is 0 Å². The molecule has 4 nitrogen and oxygen atoms in total. The van der Waals surface area contributed by atoms with Crippen molar-refractivity contribution in [2.24, 2.45) is 11.3 Å². The summed E-state index contributed by atoms with van der Waals surface area (Å²) in [7, 11) is 0. The molecule has 0 aromatic heterocycles. The molecule has 4 aliphatic rings. The second kappa shape index (κ2) is 3.18. The Labute approximate surface area is 107 Å². The number of aliphatic hydroxyl groups is 1. The van der Waals surface area contributed by atoms with E-state index >= 15 is 0 Å². The summed E-state index contributed by atoms with van der Waals surface area (Å²) in [4.78, 5) is 0. The second-order valence-corrected chi connectivity index (χ2v) is 6.67. The van der Waals surface area contributed by atoms with Crippen LogP contribution in [0.25, 0.3) is 0 Å². The molecule has 6 atom stereocenters. The van der Waals surface area contributed by atoms with Crippen LogP contribution in [0.1, 0.15) is 33.6 Å². The molecule has 0 unspecified atom stereocenters. The topological polar surface area (TPSA) is 47.9 Å². The van der Waals surface area contributed by atoms with Gasteiger partial charge in [-0.25, -0.2) is 0 Å². The van der Waals surface area contributed by atoms with Gasteiger partial charge in [-0.15, -0.1) is 0 Å². The fourth-order valence-electron chi connectivity index (χ4n) is 4.45. The van der Waals surface area contributed by atoms with Crippen LogP contribution >= 0.6 is 0 Å². The van der Waals surface area contributed by atoms with Crippen molar-refractivity contribution < 1.29 is 19.3 Å². The molecule has 2 saturated heterocycles. The monoisotopic (exact) mass is 252 g/mol. The predicted molar refractivity (Wildman–Crippen MR) is 63.6 cm³/mol. The summed E-state index contributed by atoms with van der Waals surface area (Å²) in [5.41, 5.74) is 1.18. The van der Waals surface area contributed by atoms with Gasteiger partial charge in [-0.1, -0.05) is 18.6 Å². The van der Waals surface area contributed by atoms with E-state index in [-0.39, 0.29) is 23.9 Å². The molecule has 0 bridgehead atoms. The Kier molecular flexibility index (Phi) is 2.02. The fraction of sp³-hybridized carbons (Fsp3) is 0.857. The van der Waals surface area contributed by atoms with Crippen LogP contribution in [-0.4, -0.2) is 35.5 Å². The number of ether oxygens (including phenoxy) is 3. The van der Waals surface area contributed by atoms with Gasteiger partial charge in [0.2, 0.25) is 0 Å². The van der Waals surface area contributed by atoms with E-state index in [1.165, 1.54) is 5.57 Å². The quantitative estimate of drug-likeness (QED) is 0.665. The molecule has 1 saturated carbocycles. The zero-order valence-corrected chi connectivity index (χ0v) is 11.1. The molecular formula is C14H20O4. The molecule has 0 aromatic rings. The van der Waals surface area contributed by atoms with Crippen molar-refractivity contribution in [3.8, 4) is 0 Å². The lowest BCUT2D eigenvalue weighted by Crippen LogP contribution is -2.41. The Morgan fingerprint density at radius 1 is 1.28 bits per heavy atom. The molecule has 3 fully saturated rings. The minimum atomic E-state index is -0.584. The van der Waals surface area contributed by atoms with Gasteiger partial charge in [0, 0.05) is 0 Å². The summed E-state index contributed by atoms with van der Waals surface area (Å²) >= 11 is 0. The molecule has 4 heteroatoms. The van der Waals surface area contributed by atoms with Crippen LogP contribution in [0.5, 0.6) is 0 Å². The molecule has 2 heterocycles. The van der Waals surface area contributed by atoms with E-state index in [1.54, 1.807) is 0 Å². The van der Waals surface area contributed by atoms with Gasteiger partial charge in [-0.2, -0.15) is 0 Å². The van der Waals surface area contributed by atoms with Crippen molar-refractivity contribution in [1.29, 1.82) is 0 Å². The molecule has 0 aromatic carbocycles. The third kappa shape index (κ3) is 1.20. The third-order valence-corrected chi connectivity index (χ3v) is 4.88. The normalized spacial score (nSPS) is 56.2. The van der Waals surface area contributed by atoms with E-state index < -0.39 is 11.9 Å². The highest BCUT2D eigenvalue weighted by molar-refractivity contribution is 5.35. The van der Waals surface area contributed by atoms with Gasteiger partial charge in [0.25, 0.3) is 0 Å². The highest BCUT2D eigenvalue weighted by atomic mass is 16.8. The van der Waals surface area contributed by atoms with Gasteiger partial charge < -0.3 is 19.3 Å². The van der Waals surface area contributed by atoms with Crippen molar-refractivity contribution in [2.75, 3.05) is 0 Å². The average Bonchev–Trinajstić information content (AvgIpc) is 2.85. The summed E-state index contributed by atoms with van der Waals surface area (Å²) in [5.74, 6) is -0.0517. The lowest BCUT2D eigenvalue weighted by Gasteiger charge is -2.33. The van der Waals surface area contributed by atoms with E-state index in [9.17, 15) is 5.11 Å². The summed E-state index contributed by atoms with van der Waals surface area (Å²) in [6, 6.07) is 0. The van der Waals surface area contributed by atoms with Crippen LogP contribution < -0.4 is 0 Å². The van der Waals surface area contributed by atoms with Gasteiger partial charge in [-0.3, -0.25) is 0 Å². The molecule has 0 radical (unpaired) electrons. The van der Waals surface area contributed by atoms with E-state index in [2.05, 4.69) is 13.0 Å². The number of allylic oxidation sites excluding steroid dienone is 1. The van der Waals surface area contributed by atoms with Crippen LogP contribution in [0.15, 0.2) is 11.6 Å². The Morgan fingerprint density at radius 2 is 2.06 bits per heavy atom. The molecule has 2 aliphatic heterocycles. The first-order valence-corrected chi connectivity index (χ1v) is 6.83. The van der Waals surface area contributed by atoms with E-state index in [4.69, 9.17) is 14.2 Å². The zero-order chi connectivity index (χ0) is 12.7. The van der Waals surface area contributed by atoms with Gasteiger partial charge in [0.15, 0.2) is 12.1 Å². The van der Waals surface area contributed by atoms with E-state index in [0.29, 0.717) is 5.92 Å². The maximum Gasteiger partial charge on any atom is 0.188 e. The van der Waals surface area contributed by atoms with Crippen LogP contribution in [-0.2, 0) is 14.2 Å². The molecular weight excluding hydrogens is 232 g/mol. The van der Waals surface area contributed by atoms with Gasteiger partial charge in [0.05, 0.1) is 17.6 Å². The Bertz CT molecular complexity index is 430. The minimum absolute atomic E-state index is 0.0640. The predicted octanol–water partition coefficient (Wildman–Crippen LogP) is 1.58. The zero-order valence-electron chi connectivity index (χ0n) is 11.1. The van der Waals surface area contributed by atoms with E-state index in [1.807, 2.05) is 13.8 Å². The van der Waals surface area contributed by atoms with Crippen molar-refractivity contribution in [1.82, 2.24) is 0 Å². The first-order valence-electron chi connectivity index (χ1n) is 6.83. The molecule has 1 spiro atoms. The smallest absolute Gasteiger partial charge is 0.188 e. The number of hydrogen-bond donors (Lipinski definition) is 1. The van der Waals surface area contributed by atoms with Gasteiger partial charge >= 0.3 is 0 Å². The van der Waals surface area contributed by atoms with Crippen molar-refractivity contribution in [2.45, 2.75) is 64.0 Å². The fourth-order valence-corrected chi connectivity index (χ4v) is 4.45. The number of fused-ring (bicyclic) bond motifs is 1. The highest BCUT2D eigenvalue weighted by Gasteiger charge is 2.70. The average molecular weight is 252 g/mol. The van der Waals surface area contributed by atoms with Crippen LogP contribution in [0, 0.1) is 11.3 Å². The van der Waals surface area contributed by atoms with Crippen molar-refractivity contribution >= 4 is 0 Å². The lowest BCUT2D eigenvalue weighted by molar-refractivity contribution is -0.222. The van der Waals surface area contributed by atoms with Crippen LogP contribution in [0.3, 0.4) is 0 Å². The summed E-state index contributed by atoms with van der Waals surface area (Å²) < 4.78 is 17.9. The molecule has 100 valence electrons. The summed E-state index contributed by atoms with van der Waals surface area (Å²) in [6.45, 7) is 6.07. The number of rotatable bonds is 0. The standard InChI is InChI=1S/C14H20O4/c1-7-4-8-5-9(15)10-14(8,6-7)11-12(16-10)18-13(2,3)17-11/h4,7,9-12,15H,5-6H2,1-3H3/t7-,9+,10+,11-,12+,14-/m0/s1. The third-order valence-electron chi connectivity index (χ3n) is 4.88. The molecule has 18 heavy (non-hydrogen) atoms. The molecule has 0 amide bonds. The van der Waals surface area contributed by atoms with Crippen molar-refractivity contribution in [3.63, 3.8) is 0 Å². The van der Waals surface area contributed by atoms with Gasteiger partial charge in [-0.05, 0) is 32.6 Å². The maximum atomic E-state index is 10.2. The Morgan fingerprint density at radius 3 is 2.83 bits per heavy atom. The minimum Gasteiger partial charge on any atom is -0.390 e. The second-order valence-electron chi connectivity index (χ2n) is 6.67. The lowest BCUT2D eigenvalue weighted by atomic mass is 9.76. The molecule has 4 rings (SSSR count). The Hall–Kier alpha value is -0.420. The maximum absolute atomic E-state index is 10.2. The number of aliphatic hydroxyl groups excluding tert-OH is 1. The molecule has 2 aliphatic carbocycles. The highest BCUT2D eigenvalue weighted by Crippen LogP contribution is 2.63. The van der Waals surface area contributed by atoms with Crippen molar-refractivity contribution in [3.05, 3.63) is 11.6 Å². The molecule has 1 N–H and O–H groups in total. The number of hydrogen-bond acceptors (Lipinski definition) is 4. The SMILES string of the molecule is C[C@H]1C=C2C[C@@H](O)[C@H]3O[C@@H]4OC(C)(C)O[C@@H]4[C@@]23C1. The largest absolute Gasteiger partial charge is 0.390 e. The van der Waals surface area contributed by atoms with Crippen LogP contribution in [0.4, 0.5) is 0 Å². The summed E-state index contributed by atoms with van der Waals surface area (Å²) in [5, 5.41) is 10.2. The first-order chi connectivity index (χ1) is 8.42. The van der Waals surface area contributed by atoms with E-state index in [0.717, 1.165) is 12.8 Å². The van der Waals surface area contributed by atoms with Gasteiger partial charge in [0.1, 0.15) is 6.10 Å².